The predicted octanol–water partition coefficient (Wildman–Crippen LogP) is 5.43. The third-order valence-electron chi connectivity index (χ3n) is 3.84. The molecular weight excluding hydrogens is 236 g/mol. The second-order valence-corrected chi connectivity index (χ2v) is 5.55. The molecule has 0 radical (unpaired) electrons. The van der Waals surface area contributed by atoms with E-state index in [1.807, 2.05) is 6.08 Å². The van der Waals surface area contributed by atoms with E-state index in [-0.39, 0.29) is 0 Å². The lowest BCUT2D eigenvalue weighted by molar-refractivity contribution is -0.131. The number of carbonyl (C=O) groups is 1. The third kappa shape index (κ3) is 9.75. The van der Waals surface area contributed by atoms with Crippen molar-refractivity contribution < 1.29 is 9.90 Å². The lowest BCUT2D eigenvalue weighted by atomic mass is 9.81. The van der Waals surface area contributed by atoms with Gasteiger partial charge < -0.3 is 5.11 Å². The first-order valence-corrected chi connectivity index (χ1v) is 8.06. The van der Waals surface area contributed by atoms with E-state index in [4.69, 9.17) is 5.11 Å². The maximum Gasteiger partial charge on any atom is 0.327 e. The molecule has 0 heterocycles. The fourth-order valence-electron chi connectivity index (χ4n) is 2.64. The lowest BCUT2D eigenvalue weighted by Gasteiger charge is -2.24. The zero-order chi connectivity index (χ0) is 14.5. The Morgan fingerprint density at radius 1 is 0.947 bits per heavy atom. The molecule has 112 valence electrons. The van der Waals surface area contributed by atoms with Gasteiger partial charge in [-0.3, -0.25) is 0 Å². The number of hydrogen-bond acceptors (Lipinski definition) is 1. The molecule has 0 fully saturated rings. The molecule has 0 aliphatic heterocycles. The van der Waals surface area contributed by atoms with Gasteiger partial charge >= 0.3 is 5.97 Å². The van der Waals surface area contributed by atoms with Crippen LogP contribution in [0, 0.1) is 11.8 Å². The number of rotatable bonds is 12. The maximum atomic E-state index is 10.7. The number of allylic oxidation sites excluding steroid dienone is 1. The Morgan fingerprint density at radius 2 is 1.42 bits per heavy atom. The molecule has 0 spiro atoms. The van der Waals surface area contributed by atoms with Crippen LogP contribution >= 0.6 is 0 Å². The van der Waals surface area contributed by atoms with Crippen molar-refractivity contribution in [2.45, 2.75) is 78.6 Å². The van der Waals surface area contributed by atoms with Gasteiger partial charge in [-0.2, -0.15) is 0 Å². The number of hydrogen-bond donors (Lipinski definition) is 1. The van der Waals surface area contributed by atoms with E-state index in [0.717, 1.165) is 6.42 Å². The lowest BCUT2D eigenvalue weighted by Crippen LogP contribution is -2.14. The van der Waals surface area contributed by atoms with Crippen LogP contribution in [0.4, 0.5) is 0 Å². The van der Waals surface area contributed by atoms with Crippen LogP contribution in [-0.2, 0) is 4.79 Å². The quantitative estimate of drug-likeness (QED) is 0.479. The summed E-state index contributed by atoms with van der Waals surface area (Å²) in [6, 6.07) is 0. The Bertz CT molecular complexity index is 238. The second kappa shape index (κ2) is 12.3. The van der Waals surface area contributed by atoms with Gasteiger partial charge in [-0.25, -0.2) is 4.79 Å². The summed E-state index contributed by atoms with van der Waals surface area (Å²) in [5.41, 5.74) is 0. The molecule has 0 aliphatic rings. The van der Waals surface area contributed by atoms with E-state index < -0.39 is 5.97 Å². The number of carboxylic acid groups (broad SMARTS) is 1. The fraction of sp³-hybridized carbons (Fsp3) is 0.824. The fourth-order valence-corrected chi connectivity index (χ4v) is 2.64. The molecule has 1 N–H and O–H groups in total. The molecule has 0 amide bonds. The van der Waals surface area contributed by atoms with Gasteiger partial charge in [0, 0.05) is 6.08 Å². The highest BCUT2D eigenvalue weighted by Gasteiger charge is 2.18. The van der Waals surface area contributed by atoms with Crippen molar-refractivity contribution in [2.24, 2.45) is 11.8 Å². The van der Waals surface area contributed by atoms with Gasteiger partial charge in [0.2, 0.25) is 0 Å². The van der Waals surface area contributed by atoms with E-state index in [1.54, 1.807) is 0 Å². The first-order valence-electron chi connectivity index (χ1n) is 8.06. The highest BCUT2D eigenvalue weighted by molar-refractivity contribution is 5.79. The molecule has 0 rings (SSSR count). The summed E-state index contributed by atoms with van der Waals surface area (Å²) < 4.78 is 0. The monoisotopic (exact) mass is 268 g/mol. The largest absolute Gasteiger partial charge is 0.478 e. The Morgan fingerprint density at radius 3 is 1.84 bits per heavy atom. The van der Waals surface area contributed by atoms with Crippen LogP contribution in [0.5, 0.6) is 0 Å². The van der Waals surface area contributed by atoms with Gasteiger partial charge in [-0.05, 0) is 31.1 Å². The summed E-state index contributed by atoms with van der Waals surface area (Å²) >= 11 is 0. The van der Waals surface area contributed by atoms with E-state index in [1.165, 1.54) is 57.4 Å². The van der Waals surface area contributed by atoms with Gasteiger partial charge in [0.15, 0.2) is 0 Å². The molecule has 0 aromatic rings. The van der Waals surface area contributed by atoms with E-state index in [2.05, 4.69) is 20.8 Å². The molecule has 19 heavy (non-hydrogen) atoms. The Hall–Kier alpha value is -0.790. The summed E-state index contributed by atoms with van der Waals surface area (Å²) in [5.74, 6) is 0.308. The average Bonchev–Trinajstić information content (AvgIpc) is 2.40. The molecule has 1 unspecified atom stereocenters. The molecule has 0 saturated heterocycles. The zero-order valence-corrected chi connectivity index (χ0v) is 13.0. The first-order chi connectivity index (χ1) is 9.15. The molecule has 2 heteroatoms. The van der Waals surface area contributed by atoms with E-state index in [9.17, 15) is 4.79 Å². The van der Waals surface area contributed by atoms with Crippen molar-refractivity contribution in [3.8, 4) is 0 Å². The van der Waals surface area contributed by atoms with Crippen molar-refractivity contribution in [1.82, 2.24) is 0 Å². The second-order valence-electron chi connectivity index (χ2n) is 5.55. The van der Waals surface area contributed by atoms with Crippen molar-refractivity contribution in [1.29, 1.82) is 0 Å². The van der Waals surface area contributed by atoms with E-state index in [0.29, 0.717) is 11.8 Å². The van der Waals surface area contributed by atoms with Crippen LogP contribution in [0.2, 0.25) is 0 Å². The first kappa shape index (κ1) is 18.2. The van der Waals surface area contributed by atoms with Crippen LogP contribution in [0.25, 0.3) is 0 Å². The molecule has 0 aromatic carbocycles. The van der Waals surface area contributed by atoms with Gasteiger partial charge in [0.05, 0.1) is 0 Å². The van der Waals surface area contributed by atoms with Crippen LogP contribution in [-0.4, -0.2) is 11.1 Å². The van der Waals surface area contributed by atoms with Gasteiger partial charge in [0.25, 0.3) is 0 Å². The van der Waals surface area contributed by atoms with Crippen LogP contribution in [0.3, 0.4) is 0 Å². The Balaban J connectivity index is 4.60. The summed E-state index contributed by atoms with van der Waals surface area (Å²) in [6.45, 7) is 6.65. The minimum atomic E-state index is -0.814. The van der Waals surface area contributed by atoms with Crippen molar-refractivity contribution in [3.05, 3.63) is 12.2 Å². The molecule has 2 nitrogen and oxygen atoms in total. The smallest absolute Gasteiger partial charge is 0.327 e. The minimum absolute atomic E-state index is 0.453. The zero-order valence-electron chi connectivity index (χ0n) is 13.0. The van der Waals surface area contributed by atoms with Crippen molar-refractivity contribution >= 4 is 5.97 Å². The average molecular weight is 268 g/mol. The van der Waals surface area contributed by atoms with Gasteiger partial charge in [-0.1, -0.05) is 65.4 Å². The number of unbranched alkanes of at least 4 members (excludes halogenated alkanes) is 3. The van der Waals surface area contributed by atoms with Gasteiger partial charge in [0.1, 0.15) is 0 Å². The molecule has 0 bridgehead atoms. The van der Waals surface area contributed by atoms with E-state index >= 15 is 0 Å². The maximum absolute atomic E-state index is 10.7. The van der Waals surface area contributed by atoms with Crippen LogP contribution in [0.1, 0.15) is 78.6 Å². The van der Waals surface area contributed by atoms with Crippen LogP contribution < -0.4 is 0 Å². The standard InChI is InChI=1S/C17H32O2/c1-4-7-10-15(11-8-5-2)16(12-9-6-3)13-14-17(18)19/h13-16H,4-12H2,1-3H3,(H,18,19)/b14-13+. The topological polar surface area (TPSA) is 37.3 Å². The Labute approximate surface area is 119 Å². The number of carboxylic acids is 1. The summed E-state index contributed by atoms with van der Waals surface area (Å²) in [5, 5.41) is 8.83. The number of aliphatic carboxylic acids is 1. The predicted molar refractivity (Wildman–Crippen MR) is 82.3 cm³/mol. The highest BCUT2D eigenvalue weighted by atomic mass is 16.4. The summed E-state index contributed by atoms with van der Waals surface area (Å²) in [6.07, 6.45) is 14.3. The third-order valence-corrected chi connectivity index (χ3v) is 3.84. The Kier molecular flexibility index (Phi) is 11.7. The summed E-state index contributed by atoms with van der Waals surface area (Å²) in [4.78, 5) is 10.7. The van der Waals surface area contributed by atoms with Gasteiger partial charge in [-0.15, -0.1) is 0 Å². The molecule has 0 aliphatic carbocycles. The molecule has 0 aromatic heterocycles. The summed E-state index contributed by atoms with van der Waals surface area (Å²) in [7, 11) is 0. The SMILES string of the molecule is CCCCC(/C=C/C(=O)O)C(CCCC)CCCC. The molecular formula is C17H32O2. The van der Waals surface area contributed by atoms with Crippen molar-refractivity contribution in [3.63, 3.8) is 0 Å². The molecule has 0 saturated carbocycles. The normalized spacial score (nSPS) is 13.3. The van der Waals surface area contributed by atoms with Crippen molar-refractivity contribution in [2.75, 3.05) is 0 Å². The molecule has 1 atom stereocenters. The minimum Gasteiger partial charge on any atom is -0.478 e. The highest BCUT2D eigenvalue weighted by Crippen LogP contribution is 2.29. The van der Waals surface area contributed by atoms with Crippen LogP contribution in [0.15, 0.2) is 12.2 Å².